The van der Waals surface area contributed by atoms with Crippen LogP contribution in [0.4, 0.5) is 0 Å². The molecule has 2 atom stereocenters. The van der Waals surface area contributed by atoms with Gasteiger partial charge in [-0.1, -0.05) is 5.92 Å². The van der Waals surface area contributed by atoms with E-state index in [4.69, 9.17) is 5.11 Å². The monoisotopic (exact) mass is 186 g/mol. The van der Waals surface area contributed by atoms with Gasteiger partial charge in [-0.2, -0.15) is 0 Å². The van der Waals surface area contributed by atoms with Gasteiger partial charge in [0.15, 0.2) is 0 Å². The number of rotatable bonds is 3. The van der Waals surface area contributed by atoms with Crippen molar-refractivity contribution in [3.8, 4) is 11.8 Å². The van der Waals surface area contributed by atoms with Gasteiger partial charge in [0.05, 0.1) is 19.3 Å². The first-order valence-electron chi connectivity index (χ1n) is 3.99. The fourth-order valence-electron chi connectivity index (χ4n) is 0.769. The van der Waals surface area contributed by atoms with E-state index in [1.54, 1.807) is 6.92 Å². The second kappa shape index (κ2) is 6.46. The Hall–Kier alpha value is -1.05. The smallest absolute Gasteiger partial charge is 0.384 e. The van der Waals surface area contributed by atoms with Crippen molar-refractivity contribution in [2.24, 2.45) is 0 Å². The summed E-state index contributed by atoms with van der Waals surface area (Å²) in [4.78, 5) is 10.5. The Morgan fingerprint density at radius 2 is 2.15 bits per heavy atom. The molecule has 0 radical (unpaired) electrons. The first-order chi connectivity index (χ1) is 6.06. The minimum Gasteiger partial charge on any atom is -0.459 e. The molecule has 4 nitrogen and oxygen atoms in total. The Morgan fingerprint density at radius 1 is 1.54 bits per heavy atom. The molecule has 0 aliphatic heterocycles. The van der Waals surface area contributed by atoms with Gasteiger partial charge in [-0.15, -0.1) is 0 Å². The lowest BCUT2D eigenvalue weighted by molar-refractivity contribution is -0.133. The molecule has 74 valence electrons. The maximum Gasteiger partial charge on any atom is 0.384 e. The molecule has 0 fully saturated rings. The summed E-state index contributed by atoms with van der Waals surface area (Å²) < 4.78 is 4.27. The predicted octanol–water partition coefficient (Wildman–Crippen LogP) is -0.315. The van der Waals surface area contributed by atoms with E-state index in [0.717, 1.165) is 0 Å². The fraction of sp³-hybridized carbons (Fsp3) is 0.667. The molecule has 0 saturated carbocycles. The molecule has 0 spiro atoms. The Balaban J connectivity index is 3.72. The number of aliphatic hydroxyl groups is 2. The molecular formula is C9H14O4. The summed E-state index contributed by atoms with van der Waals surface area (Å²) in [6, 6.07) is 0. The number of hydrogen-bond acceptors (Lipinski definition) is 4. The molecule has 0 saturated heterocycles. The van der Waals surface area contributed by atoms with Crippen molar-refractivity contribution in [3.63, 3.8) is 0 Å². The molecule has 4 heteroatoms. The highest BCUT2D eigenvalue weighted by molar-refractivity contribution is 5.88. The van der Waals surface area contributed by atoms with E-state index in [1.165, 1.54) is 7.11 Å². The zero-order chi connectivity index (χ0) is 10.3. The molecule has 2 N–H and O–H groups in total. The summed E-state index contributed by atoms with van der Waals surface area (Å²) in [5, 5.41) is 18.1. The van der Waals surface area contributed by atoms with Gasteiger partial charge < -0.3 is 14.9 Å². The summed E-state index contributed by atoms with van der Waals surface area (Å²) in [6.45, 7) is 1.58. The predicted molar refractivity (Wildman–Crippen MR) is 46.7 cm³/mol. The molecule has 0 heterocycles. The van der Waals surface area contributed by atoms with Crippen molar-refractivity contribution in [1.29, 1.82) is 0 Å². The van der Waals surface area contributed by atoms with E-state index < -0.39 is 18.2 Å². The zero-order valence-corrected chi connectivity index (χ0v) is 7.78. The molecule has 0 unspecified atom stereocenters. The number of carbonyl (C=O) groups excluding carboxylic acids is 1. The van der Waals surface area contributed by atoms with Crippen LogP contribution in [0.1, 0.15) is 19.8 Å². The molecule has 0 rings (SSSR count). The van der Waals surface area contributed by atoms with E-state index >= 15 is 0 Å². The van der Waals surface area contributed by atoms with Gasteiger partial charge >= 0.3 is 5.97 Å². The highest BCUT2D eigenvalue weighted by atomic mass is 16.5. The highest BCUT2D eigenvalue weighted by Gasteiger charge is 2.05. The Bertz CT molecular complexity index is 211. The van der Waals surface area contributed by atoms with Crippen molar-refractivity contribution < 1.29 is 19.7 Å². The van der Waals surface area contributed by atoms with E-state index in [9.17, 15) is 9.90 Å². The summed E-state index contributed by atoms with van der Waals surface area (Å²) >= 11 is 0. The third kappa shape index (κ3) is 7.32. The van der Waals surface area contributed by atoms with Crippen LogP contribution in [0.15, 0.2) is 0 Å². The first-order valence-corrected chi connectivity index (χ1v) is 3.99. The van der Waals surface area contributed by atoms with Gasteiger partial charge in [-0.25, -0.2) is 4.79 Å². The van der Waals surface area contributed by atoms with Crippen LogP contribution in [0.3, 0.4) is 0 Å². The molecule has 0 bridgehead atoms. The van der Waals surface area contributed by atoms with Gasteiger partial charge in [0.2, 0.25) is 0 Å². The maximum absolute atomic E-state index is 10.5. The van der Waals surface area contributed by atoms with E-state index in [1.807, 2.05) is 0 Å². The minimum atomic E-state index is -0.697. The van der Waals surface area contributed by atoms with Crippen LogP contribution >= 0.6 is 0 Å². The van der Waals surface area contributed by atoms with Gasteiger partial charge in [0.1, 0.15) is 0 Å². The average molecular weight is 186 g/mol. The van der Waals surface area contributed by atoms with Crippen LogP contribution in [-0.2, 0) is 9.53 Å². The Labute approximate surface area is 77.5 Å². The van der Waals surface area contributed by atoms with Gasteiger partial charge in [0.25, 0.3) is 0 Å². The molecule has 0 aromatic rings. The number of hydrogen-bond donors (Lipinski definition) is 2. The quantitative estimate of drug-likeness (QED) is 0.360. The second-order valence-electron chi connectivity index (χ2n) is 2.74. The lowest BCUT2D eigenvalue weighted by Gasteiger charge is -2.07. The molecule has 0 amide bonds. The van der Waals surface area contributed by atoms with Crippen molar-refractivity contribution in [3.05, 3.63) is 0 Å². The van der Waals surface area contributed by atoms with Crippen LogP contribution in [0.2, 0.25) is 0 Å². The van der Waals surface area contributed by atoms with Gasteiger partial charge in [0, 0.05) is 12.3 Å². The Kier molecular flexibility index (Phi) is 5.94. The molecule has 0 aliphatic carbocycles. The summed E-state index contributed by atoms with van der Waals surface area (Å²) in [5.74, 6) is 4.02. The van der Waals surface area contributed by atoms with Gasteiger partial charge in [-0.3, -0.25) is 0 Å². The normalized spacial score (nSPS) is 13.8. The summed E-state index contributed by atoms with van der Waals surface area (Å²) in [6.07, 6.45) is -0.831. The number of carbonyl (C=O) groups is 1. The van der Waals surface area contributed by atoms with Crippen LogP contribution in [0.25, 0.3) is 0 Å². The summed E-state index contributed by atoms with van der Waals surface area (Å²) in [7, 11) is 1.24. The van der Waals surface area contributed by atoms with Crippen LogP contribution in [-0.4, -0.2) is 35.5 Å². The second-order valence-corrected chi connectivity index (χ2v) is 2.74. The fourth-order valence-corrected chi connectivity index (χ4v) is 0.769. The van der Waals surface area contributed by atoms with Crippen LogP contribution in [0.5, 0.6) is 0 Å². The van der Waals surface area contributed by atoms with Crippen LogP contribution < -0.4 is 0 Å². The highest BCUT2D eigenvalue weighted by Crippen LogP contribution is 2.00. The van der Waals surface area contributed by atoms with Crippen molar-refractivity contribution >= 4 is 5.97 Å². The molecule has 0 aliphatic rings. The molecule has 0 aromatic carbocycles. The number of ether oxygens (including phenoxy) is 1. The average Bonchev–Trinajstić information content (AvgIpc) is 2.02. The van der Waals surface area contributed by atoms with Crippen LogP contribution in [0, 0.1) is 11.8 Å². The molecule has 13 heavy (non-hydrogen) atoms. The topological polar surface area (TPSA) is 66.8 Å². The minimum absolute atomic E-state index is 0.167. The largest absolute Gasteiger partial charge is 0.459 e. The van der Waals surface area contributed by atoms with Gasteiger partial charge in [-0.05, 0) is 13.3 Å². The number of methoxy groups -OCH3 is 1. The number of aliphatic hydroxyl groups excluding tert-OH is 2. The first kappa shape index (κ1) is 11.9. The zero-order valence-electron chi connectivity index (χ0n) is 7.78. The lowest BCUT2D eigenvalue weighted by Crippen LogP contribution is -2.14. The van der Waals surface area contributed by atoms with E-state index in [2.05, 4.69) is 16.6 Å². The third-order valence-corrected chi connectivity index (χ3v) is 1.33. The van der Waals surface area contributed by atoms with Crippen molar-refractivity contribution in [2.75, 3.05) is 7.11 Å². The van der Waals surface area contributed by atoms with E-state index in [-0.39, 0.29) is 12.8 Å². The summed E-state index contributed by atoms with van der Waals surface area (Å²) in [5.41, 5.74) is 0. The molecule has 0 aromatic heterocycles. The Morgan fingerprint density at radius 3 is 2.62 bits per heavy atom. The number of esters is 1. The lowest BCUT2D eigenvalue weighted by atomic mass is 10.1. The standard InChI is InChI=1S/C9H14O4/c1-7(10)6-8(11)4-3-5-9(12)13-2/h7-8,10-11H,4,6H2,1-2H3/t7-,8-/m1/s1. The third-order valence-electron chi connectivity index (χ3n) is 1.33. The maximum atomic E-state index is 10.5. The van der Waals surface area contributed by atoms with Crippen molar-refractivity contribution in [2.45, 2.75) is 32.0 Å². The molecular weight excluding hydrogens is 172 g/mol. The van der Waals surface area contributed by atoms with E-state index in [0.29, 0.717) is 0 Å². The van der Waals surface area contributed by atoms with Crippen molar-refractivity contribution in [1.82, 2.24) is 0 Å². The SMILES string of the molecule is COC(=O)C#CC[C@@H](O)C[C@@H](C)O.